The first-order chi connectivity index (χ1) is 9.20. The average Bonchev–Trinajstić information content (AvgIpc) is 2.48. The molecule has 0 radical (unpaired) electrons. The molecule has 2 amide bonds. The molecule has 2 rings (SSSR count). The third-order valence-electron chi connectivity index (χ3n) is 2.84. The Balaban J connectivity index is 1.93. The predicted molar refractivity (Wildman–Crippen MR) is 69.0 cm³/mol. The number of ether oxygens (including phenoxy) is 2. The van der Waals surface area contributed by atoms with Crippen molar-refractivity contribution in [2.45, 2.75) is 0 Å². The minimum atomic E-state index is -0.632. The third kappa shape index (κ3) is 3.45. The Morgan fingerprint density at radius 2 is 1.84 bits per heavy atom. The Kier molecular flexibility index (Phi) is 4.35. The summed E-state index contributed by atoms with van der Waals surface area (Å²) >= 11 is 0. The minimum absolute atomic E-state index is 0.453. The number of carbonyl (C=O) groups excluding carboxylic acids is 2. The van der Waals surface area contributed by atoms with Crippen molar-refractivity contribution in [1.29, 1.82) is 0 Å². The standard InChI is InChI=1S/C13H16N2O4/c1-18-11-4-2-10(3-5-11)14-12(16)13(17)15-6-8-19-9-7-15/h2-5H,6-9H2,1H3,(H,14,16). The fraction of sp³-hybridized carbons (Fsp3) is 0.385. The number of carbonyl (C=O) groups is 2. The maximum absolute atomic E-state index is 11.9. The number of amides is 2. The van der Waals surface area contributed by atoms with E-state index in [1.54, 1.807) is 31.4 Å². The van der Waals surface area contributed by atoms with E-state index in [1.807, 2.05) is 0 Å². The highest BCUT2D eigenvalue weighted by Gasteiger charge is 2.23. The highest BCUT2D eigenvalue weighted by Crippen LogP contribution is 2.15. The number of benzene rings is 1. The topological polar surface area (TPSA) is 67.9 Å². The van der Waals surface area contributed by atoms with Crippen molar-refractivity contribution in [2.75, 3.05) is 38.7 Å². The van der Waals surface area contributed by atoms with Crippen LogP contribution in [-0.4, -0.2) is 50.1 Å². The zero-order valence-electron chi connectivity index (χ0n) is 10.7. The zero-order valence-corrected chi connectivity index (χ0v) is 10.7. The maximum Gasteiger partial charge on any atom is 0.313 e. The predicted octanol–water partition coefficient (Wildman–Crippen LogP) is 0.492. The van der Waals surface area contributed by atoms with Crippen molar-refractivity contribution < 1.29 is 19.1 Å². The average molecular weight is 264 g/mol. The molecule has 1 N–H and O–H groups in total. The van der Waals surface area contributed by atoms with Gasteiger partial charge in [0.25, 0.3) is 0 Å². The van der Waals surface area contributed by atoms with E-state index >= 15 is 0 Å². The summed E-state index contributed by atoms with van der Waals surface area (Å²) in [7, 11) is 1.57. The Morgan fingerprint density at radius 3 is 2.42 bits per heavy atom. The van der Waals surface area contributed by atoms with Crippen molar-refractivity contribution in [2.24, 2.45) is 0 Å². The highest BCUT2D eigenvalue weighted by atomic mass is 16.5. The van der Waals surface area contributed by atoms with E-state index < -0.39 is 11.8 Å². The molecule has 0 aromatic heterocycles. The summed E-state index contributed by atoms with van der Waals surface area (Å²) in [5.74, 6) is -0.469. The quantitative estimate of drug-likeness (QED) is 0.789. The van der Waals surface area contributed by atoms with Crippen LogP contribution in [0, 0.1) is 0 Å². The van der Waals surface area contributed by atoms with Crippen LogP contribution in [0.3, 0.4) is 0 Å². The highest BCUT2D eigenvalue weighted by molar-refractivity contribution is 6.39. The van der Waals surface area contributed by atoms with E-state index in [-0.39, 0.29) is 0 Å². The van der Waals surface area contributed by atoms with Crippen LogP contribution < -0.4 is 10.1 Å². The van der Waals surface area contributed by atoms with Gasteiger partial charge in [0.15, 0.2) is 0 Å². The molecule has 0 spiro atoms. The molecule has 19 heavy (non-hydrogen) atoms. The Morgan fingerprint density at radius 1 is 1.21 bits per heavy atom. The summed E-state index contributed by atoms with van der Waals surface area (Å²) in [6.45, 7) is 1.85. The van der Waals surface area contributed by atoms with Crippen LogP contribution in [0.4, 0.5) is 5.69 Å². The van der Waals surface area contributed by atoms with Crippen molar-refractivity contribution in [3.8, 4) is 5.75 Å². The van der Waals surface area contributed by atoms with E-state index in [2.05, 4.69) is 5.32 Å². The fourth-order valence-electron chi connectivity index (χ4n) is 1.77. The largest absolute Gasteiger partial charge is 0.497 e. The number of morpholine rings is 1. The van der Waals surface area contributed by atoms with Gasteiger partial charge in [-0.15, -0.1) is 0 Å². The van der Waals surface area contributed by atoms with Gasteiger partial charge in [0.05, 0.1) is 20.3 Å². The molecular weight excluding hydrogens is 248 g/mol. The number of nitrogens with zero attached hydrogens (tertiary/aromatic N) is 1. The molecule has 6 heteroatoms. The molecule has 1 saturated heterocycles. The Labute approximate surface area is 111 Å². The van der Waals surface area contributed by atoms with E-state index in [1.165, 1.54) is 4.90 Å². The lowest BCUT2D eigenvalue weighted by Gasteiger charge is -2.26. The van der Waals surface area contributed by atoms with Crippen LogP contribution in [-0.2, 0) is 14.3 Å². The lowest BCUT2D eigenvalue weighted by molar-refractivity contribution is -0.145. The first kappa shape index (κ1) is 13.4. The molecule has 0 saturated carbocycles. The minimum Gasteiger partial charge on any atom is -0.497 e. The van der Waals surface area contributed by atoms with Gasteiger partial charge in [-0.25, -0.2) is 0 Å². The molecule has 6 nitrogen and oxygen atoms in total. The van der Waals surface area contributed by atoms with Gasteiger partial charge >= 0.3 is 11.8 Å². The first-order valence-electron chi connectivity index (χ1n) is 6.03. The van der Waals surface area contributed by atoms with Crippen LogP contribution >= 0.6 is 0 Å². The van der Waals surface area contributed by atoms with Crippen molar-refractivity contribution in [3.63, 3.8) is 0 Å². The Hall–Kier alpha value is -2.08. The number of anilines is 1. The molecule has 1 aliphatic rings. The van der Waals surface area contributed by atoms with Crippen molar-refractivity contribution >= 4 is 17.5 Å². The van der Waals surface area contributed by atoms with E-state index in [0.717, 1.165) is 0 Å². The van der Waals surface area contributed by atoms with Gasteiger partial charge < -0.3 is 19.7 Å². The summed E-state index contributed by atoms with van der Waals surface area (Å²) in [5.41, 5.74) is 0.562. The van der Waals surface area contributed by atoms with Crippen molar-refractivity contribution in [1.82, 2.24) is 4.90 Å². The third-order valence-corrected chi connectivity index (χ3v) is 2.84. The molecule has 1 fully saturated rings. The monoisotopic (exact) mass is 264 g/mol. The summed E-state index contributed by atoms with van der Waals surface area (Å²) in [5, 5.41) is 2.56. The molecule has 0 aliphatic carbocycles. The maximum atomic E-state index is 11.9. The molecule has 1 heterocycles. The summed E-state index contributed by atoms with van der Waals surface area (Å²) in [4.78, 5) is 25.1. The SMILES string of the molecule is COc1ccc(NC(=O)C(=O)N2CCOCC2)cc1. The molecule has 102 valence electrons. The molecule has 1 aromatic rings. The van der Waals surface area contributed by atoms with Gasteiger partial charge in [-0.05, 0) is 24.3 Å². The van der Waals surface area contributed by atoms with Gasteiger partial charge in [-0.3, -0.25) is 9.59 Å². The van der Waals surface area contributed by atoms with Gasteiger partial charge in [0.1, 0.15) is 5.75 Å². The van der Waals surface area contributed by atoms with Crippen LogP contribution in [0.1, 0.15) is 0 Å². The van der Waals surface area contributed by atoms with Crippen LogP contribution in [0.5, 0.6) is 5.75 Å². The lowest BCUT2D eigenvalue weighted by Crippen LogP contribution is -2.45. The summed E-state index contributed by atoms with van der Waals surface area (Å²) < 4.78 is 10.1. The number of rotatable bonds is 2. The van der Waals surface area contributed by atoms with Crippen LogP contribution in [0.2, 0.25) is 0 Å². The second kappa shape index (κ2) is 6.19. The lowest BCUT2D eigenvalue weighted by atomic mass is 10.3. The molecule has 0 bridgehead atoms. The number of nitrogens with one attached hydrogen (secondary N) is 1. The van der Waals surface area contributed by atoms with Gasteiger partial charge in [-0.1, -0.05) is 0 Å². The van der Waals surface area contributed by atoms with Crippen molar-refractivity contribution in [3.05, 3.63) is 24.3 Å². The van der Waals surface area contributed by atoms with Gasteiger partial charge in [0, 0.05) is 18.8 Å². The van der Waals surface area contributed by atoms with E-state index in [9.17, 15) is 9.59 Å². The molecule has 1 aliphatic heterocycles. The van der Waals surface area contributed by atoms with Gasteiger partial charge in [-0.2, -0.15) is 0 Å². The molecule has 0 unspecified atom stereocenters. The number of methoxy groups -OCH3 is 1. The Bertz CT molecular complexity index is 452. The van der Waals surface area contributed by atoms with Crippen LogP contribution in [0.15, 0.2) is 24.3 Å². The number of hydrogen-bond donors (Lipinski definition) is 1. The normalized spacial score (nSPS) is 14.9. The summed E-state index contributed by atoms with van der Waals surface area (Å²) in [6, 6.07) is 6.80. The smallest absolute Gasteiger partial charge is 0.313 e. The first-order valence-corrected chi connectivity index (χ1v) is 6.03. The molecule has 1 aromatic carbocycles. The molecule has 0 atom stereocenters. The fourth-order valence-corrected chi connectivity index (χ4v) is 1.77. The number of hydrogen-bond acceptors (Lipinski definition) is 4. The van der Waals surface area contributed by atoms with Crippen LogP contribution in [0.25, 0.3) is 0 Å². The van der Waals surface area contributed by atoms with E-state index in [4.69, 9.17) is 9.47 Å². The zero-order chi connectivity index (χ0) is 13.7. The second-order valence-electron chi connectivity index (χ2n) is 4.09. The summed E-state index contributed by atoms with van der Waals surface area (Å²) in [6.07, 6.45) is 0. The second-order valence-corrected chi connectivity index (χ2v) is 4.09. The van der Waals surface area contributed by atoms with E-state index in [0.29, 0.717) is 37.7 Å². The van der Waals surface area contributed by atoms with Gasteiger partial charge in [0.2, 0.25) is 0 Å². The molecular formula is C13H16N2O4.